The van der Waals surface area contributed by atoms with Crippen LogP contribution in [0.3, 0.4) is 0 Å². The van der Waals surface area contributed by atoms with Gasteiger partial charge in [-0.1, -0.05) is 33.4 Å². The van der Waals surface area contributed by atoms with Gasteiger partial charge >= 0.3 is 0 Å². The lowest BCUT2D eigenvalue weighted by atomic mass is 9.84. The fourth-order valence-corrected chi connectivity index (χ4v) is 3.05. The molecule has 0 amide bonds. The summed E-state index contributed by atoms with van der Waals surface area (Å²) in [6.07, 6.45) is 3.34. The summed E-state index contributed by atoms with van der Waals surface area (Å²) in [5, 5.41) is 0. The lowest BCUT2D eigenvalue weighted by Gasteiger charge is -2.25. The largest absolute Gasteiger partial charge is 0.493 e. The van der Waals surface area contributed by atoms with E-state index in [1.54, 1.807) is 43.3 Å². The van der Waals surface area contributed by atoms with Gasteiger partial charge < -0.3 is 14.2 Å². The third-order valence-corrected chi connectivity index (χ3v) is 4.38. The van der Waals surface area contributed by atoms with E-state index in [0.29, 0.717) is 36.0 Å². The summed E-state index contributed by atoms with van der Waals surface area (Å²) in [5.41, 5.74) is 2.31. The Kier molecular flexibility index (Phi) is 7.87. The van der Waals surface area contributed by atoms with Crippen LogP contribution in [-0.2, 0) is 5.41 Å². The zero-order valence-corrected chi connectivity index (χ0v) is 18.9. The van der Waals surface area contributed by atoms with E-state index in [4.69, 9.17) is 14.2 Å². The van der Waals surface area contributed by atoms with Gasteiger partial charge in [0.1, 0.15) is 17.2 Å². The third-order valence-electron chi connectivity index (χ3n) is 4.38. The first-order valence-corrected chi connectivity index (χ1v) is 10.3. The number of carbonyl (C=O) groups is 1. The minimum atomic E-state index is -0.110. The van der Waals surface area contributed by atoms with Crippen LogP contribution < -0.4 is 14.2 Å². The molecule has 0 fully saturated rings. The molecule has 2 rings (SSSR count). The van der Waals surface area contributed by atoms with Gasteiger partial charge in [-0.3, -0.25) is 4.79 Å². The summed E-state index contributed by atoms with van der Waals surface area (Å²) in [6.45, 7) is 16.8. The number of ketones is 1. The van der Waals surface area contributed by atoms with Crippen molar-refractivity contribution >= 4 is 11.9 Å². The van der Waals surface area contributed by atoms with E-state index in [0.717, 1.165) is 16.9 Å². The van der Waals surface area contributed by atoms with Crippen molar-refractivity contribution in [3.63, 3.8) is 0 Å². The molecule has 0 heterocycles. The molecule has 0 unspecified atom stereocenters. The maximum Gasteiger partial charge on any atom is 0.185 e. The van der Waals surface area contributed by atoms with Crippen LogP contribution in [0.5, 0.6) is 17.2 Å². The molecule has 2 aromatic carbocycles. The van der Waals surface area contributed by atoms with Gasteiger partial charge in [0.15, 0.2) is 5.78 Å². The monoisotopic (exact) mass is 408 g/mol. The first-order chi connectivity index (χ1) is 14.2. The molecule has 0 aromatic heterocycles. The molecule has 0 saturated heterocycles. The fourth-order valence-electron chi connectivity index (χ4n) is 3.05. The molecule has 4 nitrogen and oxygen atoms in total. The summed E-state index contributed by atoms with van der Waals surface area (Å²) < 4.78 is 17.3. The Morgan fingerprint density at radius 3 is 2.17 bits per heavy atom. The maximum atomic E-state index is 12.7. The highest BCUT2D eigenvalue weighted by molar-refractivity contribution is 6.07. The molecule has 160 valence electrons. The van der Waals surface area contributed by atoms with E-state index < -0.39 is 0 Å². The molecule has 0 aliphatic heterocycles. The molecule has 30 heavy (non-hydrogen) atoms. The maximum absolute atomic E-state index is 12.7. The summed E-state index contributed by atoms with van der Waals surface area (Å²) in [7, 11) is 0. The lowest BCUT2D eigenvalue weighted by Crippen LogP contribution is -2.15. The number of hydrogen-bond acceptors (Lipinski definition) is 4. The molecule has 0 aliphatic carbocycles. The number of benzene rings is 2. The van der Waals surface area contributed by atoms with Gasteiger partial charge in [-0.05, 0) is 68.7 Å². The van der Waals surface area contributed by atoms with E-state index in [1.807, 2.05) is 26.0 Å². The minimum Gasteiger partial charge on any atom is -0.493 e. The van der Waals surface area contributed by atoms with Crippen molar-refractivity contribution in [2.45, 2.75) is 47.0 Å². The van der Waals surface area contributed by atoms with Crippen molar-refractivity contribution in [3.8, 4) is 17.2 Å². The van der Waals surface area contributed by atoms with E-state index >= 15 is 0 Å². The van der Waals surface area contributed by atoms with Gasteiger partial charge in [0, 0.05) is 11.1 Å². The quantitative estimate of drug-likeness (QED) is 0.267. The molecule has 4 heteroatoms. The summed E-state index contributed by atoms with van der Waals surface area (Å²) in [5.74, 6) is 2.59. The van der Waals surface area contributed by atoms with Crippen LogP contribution >= 0.6 is 0 Å². The van der Waals surface area contributed by atoms with Crippen molar-refractivity contribution in [2.75, 3.05) is 13.2 Å². The van der Waals surface area contributed by atoms with Crippen LogP contribution in [0.1, 0.15) is 63.0 Å². The van der Waals surface area contributed by atoms with Gasteiger partial charge in [-0.25, -0.2) is 0 Å². The van der Waals surface area contributed by atoms with E-state index in [1.165, 1.54) is 0 Å². The predicted molar refractivity (Wildman–Crippen MR) is 123 cm³/mol. The molecule has 0 aliphatic rings. The zero-order chi connectivity index (χ0) is 22.3. The number of ether oxygens (including phenoxy) is 3. The average Bonchev–Trinajstić information content (AvgIpc) is 2.67. The van der Waals surface area contributed by atoms with Crippen molar-refractivity contribution < 1.29 is 19.0 Å². The molecule has 0 N–H and O–H groups in total. The Morgan fingerprint density at radius 2 is 1.63 bits per heavy atom. The number of carbonyl (C=O) groups excluding carboxylic acids is 1. The fraction of sp³-hybridized carbons (Fsp3) is 0.346. The molecule has 0 saturated carbocycles. The molecule has 0 atom stereocenters. The summed E-state index contributed by atoms with van der Waals surface area (Å²) >= 11 is 0. The summed E-state index contributed by atoms with van der Waals surface area (Å²) in [4.78, 5) is 12.7. The smallest absolute Gasteiger partial charge is 0.185 e. The second-order valence-corrected chi connectivity index (χ2v) is 8.00. The van der Waals surface area contributed by atoms with Crippen LogP contribution in [0.25, 0.3) is 6.08 Å². The van der Waals surface area contributed by atoms with Crippen LogP contribution in [0, 0.1) is 0 Å². The Labute approximate surface area is 180 Å². The topological polar surface area (TPSA) is 44.8 Å². The first kappa shape index (κ1) is 23.3. The predicted octanol–water partition coefficient (Wildman–Crippen LogP) is 6.59. The highest BCUT2D eigenvalue weighted by atomic mass is 16.5. The van der Waals surface area contributed by atoms with Crippen LogP contribution in [0.15, 0.2) is 54.8 Å². The Bertz CT molecular complexity index is 915. The van der Waals surface area contributed by atoms with Gasteiger partial charge in [0.25, 0.3) is 0 Å². The second-order valence-electron chi connectivity index (χ2n) is 8.00. The van der Waals surface area contributed by atoms with Crippen molar-refractivity contribution in [2.24, 2.45) is 0 Å². The van der Waals surface area contributed by atoms with Crippen molar-refractivity contribution in [1.29, 1.82) is 0 Å². The van der Waals surface area contributed by atoms with Crippen LogP contribution in [-0.4, -0.2) is 19.0 Å². The highest BCUT2D eigenvalue weighted by Gasteiger charge is 2.23. The van der Waals surface area contributed by atoms with Gasteiger partial charge in [0.2, 0.25) is 0 Å². The molecule has 0 bridgehead atoms. The third kappa shape index (κ3) is 5.99. The normalized spacial score (nSPS) is 11.4. The van der Waals surface area contributed by atoms with Crippen LogP contribution in [0.4, 0.5) is 0 Å². The zero-order valence-electron chi connectivity index (χ0n) is 18.9. The first-order valence-electron chi connectivity index (χ1n) is 10.3. The molecule has 0 spiro atoms. The Morgan fingerprint density at radius 1 is 1.00 bits per heavy atom. The van der Waals surface area contributed by atoms with Crippen molar-refractivity contribution in [1.82, 2.24) is 0 Å². The number of hydrogen-bond donors (Lipinski definition) is 0. The highest BCUT2D eigenvalue weighted by Crippen LogP contribution is 2.40. The van der Waals surface area contributed by atoms with E-state index in [-0.39, 0.29) is 11.2 Å². The van der Waals surface area contributed by atoms with E-state index in [2.05, 4.69) is 27.4 Å². The minimum absolute atomic E-state index is 0.108. The van der Waals surface area contributed by atoms with Gasteiger partial charge in [-0.15, -0.1) is 0 Å². The SMILES string of the molecule is C=C(C)Oc1ccc(C(=O)C=Cc2c(OCC)ccc(C(C)(C)C)c2OCC)cc1. The lowest BCUT2D eigenvalue weighted by molar-refractivity contribution is 0.104. The number of allylic oxidation sites excluding steroid dienone is 2. The molecule has 2 aromatic rings. The molecular formula is C26H32O4. The van der Waals surface area contributed by atoms with Gasteiger partial charge in [0.05, 0.1) is 24.5 Å². The Hall–Kier alpha value is -3.01. The van der Waals surface area contributed by atoms with Crippen LogP contribution in [0.2, 0.25) is 0 Å². The van der Waals surface area contributed by atoms with E-state index in [9.17, 15) is 4.79 Å². The Balaban J connectivity index is 2.42. The molecule has 0 radical (unpaired) electrons. The average molecular weight is 409 g/mol. The second kappa shape index (κ2) is 10.1. The van der Waals surface area contributed by atoms with Crippen molar-refractivity contribution in [3.05, 3.63) is 71.5 Å². The number of rotatable bonds is 9. The summed E-state index contributed by atoms with van der Waals surface area (Å²) in [6, 6.07) is 11.0. The van der Waals surface area contributed by atoms with Gasteiger partial charge in [-0.2, -0.15) is 0 Å². The standard InChI is InChI=1S/C26H32O4/c1-8-28-24-17-15-22(26(5,6)7)25(29-9-2)21(24)14-16-23(27)19-10-12-20(13-11-19)30-18(3)4/h10-17H,3,8-9H2,1-2,4-7H3. The molecular weight excluding hydrogens is 376 g/mol.